The van der Waals surface area contributed by atoms with Crippen LogP contribution in [0.5, 0.6) is 0 Å². The zero-order chi connectivity index (χ0) is 21.0. The molecule has 1 fully saturated rings. The van der Waals surface area contributed by atoms with Crippen LogP contribution in [0.15, 0.2) is 34.5 Å². The van der Waals surface area contributed by atoms with Gasteiger partial charge < -0.3 is 10.2 Å². The second kappa shape index (κ2) is 9.28. The van der Waals surface area contributed by atoms with Crippen molar-refractivity contribution in [2.24, 2.45) is 0 Å². The molecular formula is C21H29N3O3S2. The molecule has 0 radical (unpaired) electrons. The van der Waals surface area contributed by atoms with Gasteiger partial charge in [-0.25, -0.2) is 8.42 Å². The molecule has 1 aliphatic heterocycles. The van der Waals surface area contributed by atoms with Gasteiger partial charge >= 0.3 is 0 Å². The quantitative estimate of drug-likeness (QED) is 0.703. The minimum absolute atomic E-state index is 0.210. The molecule has 8 heteroatoms. The van der Waals surface area contributed by atoms with Gasteiger partial charge in [-0.2, -0.15) is 4.31 Å². The number of hydrogen-bond donors (Lipinski definition) is 1. The summed E-state index contributed by atoms with van der Waals surface area (Å²) in [5.74, 6) is -0.210. The molecule has 6 nitrogen and oxygen atoms in total. The second-order valence-electron chi connectivity index (χ2n) is 7.20. The first kappa shape index (κ1) is 21.8. The summed E-state index contributed by atoms with van der Waals surface area (Å²) in [6.45, 7) is 8.60. The first-order chi connectivity index (χ1) is 13.9. The molecule has 3 rings (SSSR count). The van der Waals surface area contributed by atoms with E-state index in [4.69, 9.17) is 0 Å². The van der Waals surface area contributed by atoms with E-state index in [0.717, 1.165) is 43.6 Å². The van der Waals surface area contributed by atoms with E-state index in [0.29, 0.717) is 23.7 Å². The molecule has 0 aliphatic carbocycles. The lowest BCUT2D eigenvalue weighted by Gasteiger charge is -2.28. The third-order valence-corrected chi connectivity index (χ3v) is 8.25. The predicted molar refractivity (Wildman–Crippen MR) is 120 cm³/mol. The van der Waals surface area contributed by atoms with Gasteiger partial charge in [0.05, 0.1) is 21.1 Å². The molecule has 0 unspecified atom stereocenters. The number of carbonyl (C=O) groups excluding carboxylic acids is 1. The van der Waals surface area contributed by atoms with Crippen LogP contribution in [0.1, 0.15) is 48.3 Å². The van der Waals surface area contributed by atoms with Gasteiger partial charge in [-0.1, -0.05) is 6.42 Å². The number of benzene rings is 1. The zero-order valence-corrected chi connectivity index (χ0v) is 18.9. The molecule has 1 aromatic heterocycles. The smallest absolute Gasteiger partial charge is 0.266 e. The maximum atomic E-state index is 13.1. The van der Waals surface area contributed by atoms with Crippen LogP contribution in [-0.4, -0.2) is 44.8 Å². The molecule has 0 atom stereocenters. The van der Waals surface area contributed by atoms with Gasteiger partial charge in [-0.15, -0.1) is 11.3 Å². The third-order valence-electron chi connectivity index (χ3n) is 5.34. The number of anilines is 2. The highest BCUT2D eigenvalue weighted by atomic mass is 32.2. The van der Waals surface area contributed by atoms with Crippen LogP contribution < -0.4 is 10.2 Å². The van der Waals surface area contributed by atoms with E-state index in [1.165, 1.54) is 11.3 Å². The van der Waals surface area contributed by atoms with Crippen molar-refractivity contribution in [2.45, 2.75) is 44.9 Å². The molecule has 1 N–H and O–H groups in total. The highest BCUT2D eigenvalue weighted by molar-refractivity contribution is 7.89. The Morgan fingerprint density at radius 1 is 1.14 bits per heavy atom. The molecule has 1 saturated heterocycles. The lowest BCUT2D eigenvalue weighted by molar-refractivity contribution is 0.103. The van der Waals surface area contributed by atoms with E-state index >= 15 is 0 Å². The summed E-state index contributed by atoms with van der Waals surface area (Å²) in [4.78, 5) is 15.8. The Labute approximate surface area is 177 Å². The molecule has 1 aliphatic rings. The number of hydrogen-bond acceptors (Lipinski definition) is 5. The number of rotatable bonds is 7. The number of carbonyl (C=O) groups is 1. The summed E-state index contributed by atoms with van der Waals surface area (Å²) < 4.78 is 27.8. The zero-order valence-electron chi connectivity index (χ0n) is 17.3. The molecule has 158 valence electrons. The summed E-state index contributed by atoms with van der Waals surface area (Å²) in [5.41, 5.74) is 2.27. The fraction of sp³-hybridized carbons (Fsp3) is 0.476. The SMILES string of the molecule is CCN(CC)c1ccc(S(=O)(=O)N2CCCCC2)cc1NC(=O)c1sccc1C. The molecule has 0 bridgehead atoms. The summed E-state index contributed by atoms with van der Waals surface area (Å²) in [5, 5.41) is 4.85. The van der Waals surface area contributed by atoms with E-state index < -0.39 is 10.0 Å². The summed E-state index contributed by atoms with van der Waals surface area (Å²) >= 11 is 1.38. The highest BCUT2D eigenvalue weighted by Crippen LogP contribution is 2.32. The standard InChI is InChI=1S/C21H29N3O3S2/c1-4-23(5-2)19-10-9-17(29(26,27)24-12-7-6-8-13-24)15-18(19)22-21(25)20-16(3)11-14-28-20/h9-11,14-15H,4-8,12-13H2,1-3H3,(H,22,25). The monoisotopic (exact) mass is 435 g/mol. The Kier molecular flexibility index (Phi) is 6.97. The average molecular weight is 436 g/mol. The van der Waals surface area contributed by atoms with Crippen LogP contribution in [0.2, 0.25) is 0 Å². The Morgan fingerprint density at radius 2 is 1.83 bits per heavy atom. The number of amides is 1. The Balaban J connectivity index is 1.99. The van der Waals surface area contributed by atoms with Crippen molar-refractivity contribution in [1.82, 2.24) is 4.31 Å². The summed E-state index contributed by atoms with van der Waals surface area (Å²) in [7, 11) is -3.57. The fourth-order valence-electron chi connectivity index (χ4n) is 3.65. The third kappa shape index (κ3) is 4.65. The van der Waals surface area contributed by atoms with Crippen LogP contribution in [0.25, 0.3) is 0 Å². The minimum atomic E-state index is -3.57. The van der Waals surface area contributed by atoms with Gasteiger partial charge in [-0.05, 0) is 68.8 Å². The largest absolute Gasteiger partial charge is 0.370 e. The average Bonchev–Trinajstić information content (AvgIpc) is 3.16. The van der Waals surface area contributed by atoms with Crippen LogP contribution in [-0.2, 0) is 10.0 Å². The lowest BCUT2D eigenvalue weighted by atomic mass is 10.2. The second-order valence-corrected chi connectivity index (χ2v) is 10.1. The van der Waals surface area contributed by atoms with E-state index in [-0.39, 0.29) is 10.8 Å². The lowest BCUT2D eigenvalue weighted by Crippen LogP contribution is -2.35. The molecular weight excluding hydrogens is 406 g/mol. The summed E-state index contributed by atoms with van der Waals surface area (Å²) in [6, 6.07) is 6.98. The minimum Gasteiger partial charge on any atom is -0.370 e. The molecule has 2 aromatic rings. The molecule has 2 heterocycles. The van der Waals surface area contributed by atoms with Crippen molar-refractivity contribution in [3.63, 3.8) is 0 Å². The topological polar surface area (TPSA) is 69.7 Å². The predicted octanol–water partition coefficient (Wildman–Crippen LogP) is 4.33. The van der Waals surface area contributed by atoms with Crippen molar-refractivity contribution in [3.05, 3.63) is 40.1 Å². The van der Waals surface area contributed by atoms with Crippen molar-refractivity contribution < 1.29 is 13.2 Å². The Bertz CT molecular complexity index is 959. The maximum absolute atomic E-state index is 13.1. The number of thiophene rings is 1. The van der Waals surface area contributed by atoms with Crippen LogP contribution in [0.4, 0.5) is 11.4 Å². The van der Waals surface area contributed by atoms with Crippen molar-refractivity contribution in [1.29, 1.82) is 0 Å². The maximum Gasteiger partial charge on any atom is 0.266 e. The number of nitrogens with zero attached hydrogens (tertiary/aromatic N) is 2. The number of sulfonamides is 1. The van der Waals surface area contributed by atoms with E-state index in [2.05, 4.69) is 10.2 Å². The first-order valence-electron chi connectivity index (χ1n) is 10.1. The van der Waals surface area contributed by atoms with Gasteiger partial charge in [0.2, 0.25) is 10.0 Å². The van der Waals surface area contributed by atoms with Gasteiger partial charge in [0.25, 0.3) is 5.91 Å². The van der Waals surface area contributed by atoms with Crippen molar-refractivity contribution in [3.8, 4) is 0 Å². The normalized spacial score (nSPS) is 15.3. The molecule has 29 heavy (non-hydrogen) atoms. The van der Waals surface area contributed by atoms with Crippen molar-refractivity contribution in [2.75, 3.05) is 36.4 Å². The van der Waals surface area contributed by atoms with E-state index in [9.17, 15) is 13.2 Å². The van der Waals surface area contributed by atoms with Crippen LogP contribution in [0, 0.1) is 6.92 Å². The molecule has 1 amide bonds. The van der Waals surface area contributed by atoms with E-state index in [1.54, 1.807) is 22.5 Å². The first-order valence-corrected chi connectivity index (χ1v) is 12.4. The Morgan fingerprint density at radius 3 is 2.41 bits per heavy atom. The van der Waals surface area contributed by atoms with Gasteiger partial charge in [0.15, 0.2) is 0 Å². The van der Waals surface area contributed by atoms with Gasteiger partial charge in [0, 0.05) is 26.2 Å². The Hall–Kier alpha value is -1.90. The van der Waals surface area contributed by atoms with Gasteiger partial charge in [-0.3, -0.25) is 4.79 Å². The van der Waals surface area contributed by atoms with E-state index in [1.807, 2.05) is 32.2 Å². The number of piperidine rings is 1. The molecule has 0 spiro atoms. The highest BCUT2D eigenvalue weighted by Gasteiger charge is 2.27. The number of aryl methyl sites for hydroxylation is 1. The number of nitrogens with one attached hydrogen (secondary N) is 1. The fourth-order valence-corrected chi connectivity index (χ4v) is 6.02. The van der Waals surface area contributed by atoms with Crippen molar-refractivity contribution >= 4 is 38.6 Å². The summed E-state index contributed by atoms with van der Waals surface area (Å²) in [6.07, 6.45) is 2.84. The van der Waals surface area contributed by atoms with Gasteiger partial charge in [0.1, 0.15) is 0 Å². The van der Waals surface area contributed by atoms with Crippen LogP contribution in [0.3, 0.4) is 0 Å². The van der Waals surface area contributed by atoms with Crippen LogP contribution >= 0.6 is 11.3 Å². The molecule has 0 saturated carbocycles. The molecule has 1 aromatic carbocycles.